The second-order valence-electron chi connectivity index (χ2n) is 4.46. The quantitative estimate of drug-likeness (QED) is 0.638. The summed E-state index contributed by atoms with van der Waals surface area (Å²) in [6.07, 6.45) is 0. The van der Waals surface area contributed by atoms with E-state index in [4.69, 9.17) is 16.3 Å². The number of rotatable bonds is 4. The van der Waals surface area contributed by atoms with E-state index in [0.29, 0.717) is 17.9 Å². The van der Waals surface area contributed by atoms with Gasteiger partial charge in [0.05, 0.1) is 22.8 Å². The topological polar surface area (TPSA) is 27.1 Å². The van der Waals surface area contributed by atoms with Crippen LogP contribution < -0.4 is 4.74 Å². The third kappa shape index (κ3) is 3.99. The number of halogens is 2. The second kappa shape index (κ2) is 7.14. The highest BCUT2D eigenvalue weighted by atomic mass is 35.5. The molecule has 0 radical (unpaired) electrons. The zero-order chi connectivity index (χ0) is 15.2. The van der Waals surface area contributed by atoms with Crippen molar-refractivity contribution in [3.05, 3.63) is 47.0 Å². The fourth-order valence-electron chi connectivity index (χ4n) is 2.00. The summed E-state index contributed by atoms with van der Waals surface area (Å²) in [6, 6.07) is 6.24. The molecule has 0 saturated heterocycles. The van der Waals surface area contributed by atoms with Crippen molar-refractivity contribution in [2.75, 3.05) is 5.88 Å². The van der Waals surface area contributed by atoms with Gasteiger partial charge in [-0.1, -0.05) is 11.8 Å². The lowest BCUT2D eigenvalue weighted by molar-refractivity contribution is 0.291. The Labute approximate surface area is 128 Å². The Morgan fingerprint density at radius 3 is 2.90 bits per heavy atom. The van der Waals surface area contributed by atoms with E-state index in [1.165, 1.54) is 12.1 Å². The third-order valence-corrected chi connectivity index (χ3v) is 3.03. The van der Waals surface area contributed by atoms with Gasteiger partial charge in [0.2, 0.25) is 0 Å². The molecule has 2 rings (SSSR count). The van der Waals surface area contributed by atoms with Gasteiger partial charge < -0.3 is 4.74 Å². The van der Waals surface area contributed by atoms with Gasteiger partial charge in [0, 0.05) is 6.54 Å². The van der Waals surface area contributed by atoms with E-state index < -0.39 is 0 Å². The molecule has 0 bridgehead atoms. The zero-order valence-corrected chi connectivity index (χ0v) is 12.7. The molecule has 1 aromatic carbocycles. The van der Waals surface area contributed by atoms with Crippen molar-refractivity contribution >= 4 is 11.6 Å². The first-order chi connectivity index (χ1) is 10.1. The van der Waals surface area contributed by atoms with Crippen molar-refractivity contribution in [2.24, 2.45) is 0 Å². The number of nitrogens with zero attached hydrogens (tertiary/aromatic N) is 2. The van der Waals surface area contributed by atoms with E-state index in [1.807, 2.05) is 24.6 Å². The first kappa shape index (κ1) is 15.4. The van der Waals surface area contributed by atoms with Crippen LogP contribution in [0.2, 0.25) is 0 Å². The van der Waals surface area contributed by atoms with Crippen LogP contribution in [0.5, 0.6) is 5.75 Å². The van der Waals surface area contributed by atoms with E-state index in [-0.39, 0.29) is 11.7 Å². The normalized spacial score (nSPS) is 10.1. The molecular weight excluding hydrogens is 291 g/mol. The van der Waals surface area contributed by atoms with E-state index in [9.17, 15) is 4.39 Å². The van der Waals surface area contributed by atoms with Crippen molar-refractivity contribution < 1.29 is 9.13 Å². The maximum absolute atomic E-state index is 13.3. The number of alkyl halides is 1. The summed E-state index contributed by atoms with van der Waals surface area (Å²) in [5.41, 5.74) is 2.40. The Hall–Kier alpha value is -1.99. The van der Waals surface area contributed by atoms with Crippen LogP contribution in [0.1, 0.15) is 23.9 Å². The lowest BCUT2D eigenvalue weighted by Gasteiger charge is -2.09. The van der Waals surface area contributed by atoms with Gasteiger partial charge in [-0.15, -0.1) is 11.6 Å². The van der Waals surface area contributed by atoms with Crippen LogP contribution >= 0.6 is 11.6 Å². The minimum absolute atomic E-state index is 0.192. The zero-order valence-electron chi connectivity index (χ0n) is 12.0. The Balaban J connectivity index is 2.19. The molecule has 2 aromatic rings. The molecule has 0 aliphatic rings. The molecule has 110 valence electrons. The maximum Gasteiger partial charge on any atom is 0.135 e. The summed E-state index contributed by atoms with van der Waals surface area (Å²) in [6.45, 7) is 5.08. The Kier molecular flexibility index (Phi) is 5.24. The van der Waals surface area contributed by atoms with Gasteiger partial charge in [0.15, 0.2) is 0 Å². The van der Waals surface area contributed by atoms with Gasteiger partial charge in [0.25, 0.3) is 0 Å². The fraction of sp³-hybridized carbons (Fsp3) is 0.312. The molecular formula is C16H16ClFN2O. The van der Waals surface area contributed by atoms with Gasteiger partial charge in [-0.3, -0.25) is 4.68 Å². The molecule has 0 spiro atoms. The van der Waals surface area contributed by atoms with Crippen molar-refractivity contribution in [2.45, 2.75) is 27.0 Å². The molecule has 0 aliphatic carbocycles. The van der Waals surface area contributed by atoms with E-state index in [2.05, 4.69) is 16.9 Å². The highest BCUT2D eigenvalue weighted by molar-refractivity contribution is 6.19. The summed E-state index contributed by atoms with van der Waals surface area (Å²) in [4.78, 5) is 0. The van der Waals surface area contributed by atoms with Gasteiger partial charge in [-0.25, -0.2) is 4.39 Å². The SMILES string of the molecule is CCn1nc(C)cc1COc1ccc(F)cc1C#CCCl. The van der Waals surface area contributed by atoms with Crippen LogP contribution in [0.15, 0.2) is 24.3 Å². The van der Waals surface area contributed by atoms with Gasteiger partial charge in [-0.2, -0.15) is 5.10 Å². The van der Waals surface area contributed by atoms with Gasteiger partial charge >= 0.3 is 0 Å². The molecule has 0 fully saturated rings. The molecule has 0 amide bonds. The highest BCUT2D eigenvalue weighted by Gasteiger charge is 2.08. The first-order valence-electron chi connectivity index (χ1n) is 6.64. The summed E-state index contributed by atoms with van der Waals surface area (Å²) in [7, 11) is 0. The van der Waals surface area contributed by atoms with Crippen LogP contribution in [-0.2, 0) is 13.2 Å². The standard InChI is InChI=1S/C16H16ClFN2O/c1-3-20-15(9-12(2)19-20)11-21-16-7-6-14(18)10-13(16)5-4-8-17/h6-7,9-10H,3,8,11H2,1-2H3. The predicted molar refractivity (Wildman–Crippen MR) is 81.0 cm³/mol. The summed E-state index contributed by atoms with van der Waals surface area (Å²) < 4.78 is 20.9. The molecule has 0 saturated carbocycles. The molecule has 0 unspecified atom stereocenters. The second-order valence-corrected chi connectivity index (χ2v) is 4.72. The van der Waals surface area contributed by atoms with E-state index in [0.717, 1.165) is 17.9 Å². The molecule has 21 heavy (non-hydrogen) atoms. The minimum atomic E-state index is -0.351. The summed E-state index contributed by atoms with van der Waals surface area (Å²) in [5, 5.41) is 4.36. The predicted octanol–water partition coefficient (Wildman–Crippen LogP) is 3.52. The molecule has 0 aliphatic heterocycles. The van der Waals surface area contributed by atoms with Crippen molar-refractivity contribution in [3.63, 3.8) is 0 Å². The van der Waals surface area contributed by atoms with E-state index >= 15 is 0 Å². The Morgan fingerprint density at radius 1 is 1.38 bits per heavy atom. The summed E-state index contributed by atoms with van der Waals surface area (Å²) in [5.74, 6) is 5.89. The van der Waals surface area contributed by atoms with Crippen LogP contribution in [-0.4, -0.2) is 15.7 Å². The lowest BCUT2D eigenvalue weighted by Crippen LogP contribution is -2.06. The monoisotopic (exact) mass is 306 g/mol. The first-order valence-corrected chi connectivity index (χ1v) is 7.18. The number of hydrogen-bond donors (Lipinski definition) is 0. The molecule has 0 atom stereocenters. The Morgan fingerprint density at radius 2 is 2.19 bits per heavy atom. The average Bonchev–Trinajstić information content (AvgIpc) is 2.84. The van der Waals surface area contributed by atoms with Gasteiger partial charge in [-0.05, 0) is 38.1 Å². The average molecular weight is 307 g/mol. The van der Waals surface area contributed by atoms with Crippen LogP contribution in [0, 0.1) is 24.6 Å². The largest absolute Gasteiger partial charge is 0.486 e. The Bertz CT molecular complexity index is 685. The molecule has 1 aromatic heterocycles. The lowest BCUT2D eigenvalue weighted by atomic mass is 10.2. The highest BCUT2D eigenvalue weighted by Crippen LogP contribution is 2.20. The molecule has 1 heterocycles. The molecule has 3 nitrogen and oxygen atoms in total. The van der Waals surface area contributed by atoms with Crippen LogP contribution in [0.3, 0.4) is 0 Å². The smallest absolute Gasteiger partial charge is 0.135 e. The number of hydrogen-bond acceptors (Lipinski definition) is 2. The molecule has 5 heteroatoms. The minimum Gasteiger partial charge on any atom is -0.486 e. The van der Waals surface area contributed by atoms with Crippen molar-refractivity contribution in [3.8, 4) is 17.6 Å². The number of ether oxygens (including phenoxy) is 1. The number of aryl methyl sites for hydroxylation is 2. The summed E-state index contributed by atoms with van der Waals surface area (Å²) >= 11 is 5.54. The molecule has 0 N–H and O–H groups in total. The van der Waals surface area contributed by atoms with Crippen LogP contribution in [0.4, 0.5) is 4.39 Å². The fourth-order valence-corrected chi connectivity index (χ4v) is 2.06. The number of benzene rings is 1. The van der Waals surface area contributed by atoms with Crippen molar-refractivity contribution in [1.29, 1.82) is 0 Å². The van der Waals surface area contributed by atoms with Crippen molar-refractivity contribution in [1.82, 2.24) is 9.78 Å². The van der Waals surface area contributed by atoms with E-state index in [1.54, 1.807) is 6.07 Å². The van der Waals surface area contributed by atoms with Crippen LogP contribution in [0.25, 0.3) is 0 Å². The van der Waals surface area contributed by atoms with Gasteiger partial charge in [0.1, 0.15) is 18.2 Å². The third-order valence-electron chi connectivity index (χ3n) is 2.89. The maximum atomic E-state index is 13.3. The number of aromatic nitrogens is 2.